The van der Waals surface area contributed by atoms with Gasteiger partial charge < -0.3 is 19.9 Å². The van der Waals surface area contributed by atoms with Gasteiger partial charge in [0.25, 0.3) is 0 Å². The van der Waals surface area contributed by atoms with Crippen molar-refractivity contribution in [3.8, 4) is 0 Å². The minimum atomic E-state index is -1.08. The molecule has 1 rings (SSSR count). The largest absolute Gasteiger partial charge is 0.475 e. The Hall–Kier alpha value is -1.33. The van der Waals surface area contributed by atoms with E-state index in [1.807, 2.05) is 0 Å². The fraction of sp³-hybridized carbons (Fsp3) is 0.444. The number of carboxylic acid groups (broad SMARTS) is 1. The lowest BCUT2D eigenvalue weighted by Gasteiger charge is -2.09. The molecule has 0 aliphatic carbocycles. The van der Waals surface area contributed by atoms with Crippen LogP contribution in [0.4, 0.5) is 0 Å². The number of carbonyl (C=O) groups is 1. The molecule has 0 spiro atoms. The van der Waals surface area contributed by atoms with Crippen molar-refractivity contribution in [1.29, 1.82) is 0 Å². The Bertz CT molecular complexity index is 308. The molecule has 3 N–H and O–H groups in total. The summed E-state index contributed by atoms with van der Waals surface area (Å²) in [6, 6.07) is 1.53. The van der Waals surface area contributed by atoms with E-state index in [4.69, 9.17) is 14.6 Å². The standard InChI is InChI=1S/C9H13NO4/c1-6(5-11)10-4-7-2-3-14-8(7)9(12)13/h2-3,6,10-11H,4-5H2,1H3,(H,12,13). The normalized spacial score (nSPS) is 12.7. The molecule has 1 heterocycles. The average molecular weight is 199 g/mol. The van der Waals surface area contributed by atoms with Crippen molar-refractivity contribution in [3.63, 3.8) is 0 Å². The molecule has 0 saturated heterocycles. The molecule has 1 aromatic heterocycles. The van der Waals surface area contributed by atoms with E-state index in [-0.39, 0.29) is 18.4 Å². The summed E-state index contributed by atoms with van der Waals surface area (Å²) in [6.07, 6.45) is 1.34. The van der Waals surface area contributed by atoms with Gasteiger partial charge in [0.15, 0.2) is 0 Å². The second-order valence-electron chi connectivity index (χ2n) is 3.04. The third-order valence-corrected chi connectivity index (χ3v) is 1.86. The van der Waals surface area contributed by atoms with E-state index >= 15 is 0 Å². The molecule has 14 heavy (non-hydrogen) atoms. The van der Waals surface area contributed by atoms with Crippen molar-refractivity contribution in [2.75, 3.05) is 6.61 Å². The van der Waals surface area contributed by atoms with E-state index in [9.17, 15) is 4.79 Å². The van der Waals surface area contributed by atoms with Crippen LogP contribution >= 0.6 is 0 Å². The fourth-order valence-corrected chi connectivity index (χ4v) is 1.01. The van der Waals surface area contributed by atoms with Crippen LogP contribution in [0.2, 0.25) is 0 Å². The number of hydrogen-bond acceptors (Lipinski definition) is 4. The Balaban J connectivity index is 2.58. The maximum Gasteiger partial charge on any atom is 0.372 e. The highest BCUT2D eigenvalue weighted by Crippen LogP contribution is 2.10. The molecule has 0 fully saturated rings. The molecule has 0 aromatic carbocycles. The Morgan fingerprint density at radius 2 is 2.43 bits per heavy atom. The average Bonchev–Trinajstić information content (AvgIpc) is 2.62. The highest BCUT2D eigenvalue weighted by Gasteiger charge is 2.13. The summed E-state index contributed by atoms with van der Waals surface area (Å²) in [4.78, 5) is 10.6. The SMILES string of the molecule is CC(CO)NCc1ccoc1C(=O)O. The molecule has 0 aliphatic heterocycles. The number of aliphatic hydroxyl groups is 1. The van der Waals surface area contributed by atoms with E-state index in [0.717, 1.165) is 0 Å². The molecule has 0 saturated carbocycles. The van der Waals surface area contributed by atoms with Gasteiger partial charge in [-0.25, -0.2) is 4.79 Å². The molecular weight excluding hydrogens is 186 g/mol. The first-order valence-corrected chi connectivity index (χ1v) is 4.29. The highest BCUT2D eigenvalue weighted by atomic mass is 16.4. The summed E-state index contributed by atoms with van der Waals surface area (Å²) in [5, 5.41) is 20.4. The first-order chi connectivity index (χ1) is 6.65. The van der Waals surface area contributed by atoms with Gasteiger partial charge in [-0.05, 0) is 13.0 Å². The highest BCUT2D eigenvalue weighted by molar-refractivity contribution is 5.86. The van der Waals surface area contributed by atoms with E-state index in [2.05, 4.69) is 5.32 Å². The monoisotopic (exact) mass is 199 g/mol. The second-order valence-corrected chi connectivity index (χ2v) is 3.04. The zero-order valence-electron chi connectivity index (χ0n) is 7.86. The minimum Gasteiger partial charge on any atom is -0.475 e. The zero-order valence-corrected chi connectivity index (χ0v) is 7.86. The molecule has 78 valence electrons. The minimum absolute atomic E-state index is 0.0141. The smallest absolute Gasteiger partial charge is 0.372 e. The van der Waals surface area contributed by atoms with Crippen LogP contribution in [0.1, 0.15) is 23.0 Å². The lowest BCUT2D eigenvalue weighted by Crippen LogP contribution is -2.29. The summed E-state index contributed by atoms with van der Waals surface area (Å²) in [5.74, 6) is -1.13. The molecule has 1 atom stereocenters. The summed E-state index contributed by atoms with van der Waals surface area (Å²) in [6.45, 7) is 2.20. The number of aromatic carboxylic acids is 1. The Morgan fingerprint density at radius 3 is 3.00 bits per heavy atom. The molecule has 1 aromatic rings. The van der Waals surface area contributed by atoms with Crippen LogP contribution in [0.3, 0.4) is 0 Å². The zero-order chi connectivity index (χ0) is 10.6. The Morgan fingerprint density at radius 1 is 1.71 bits per heavy atom. The molecule has 0 amide bonds. The molecule has 0 aliphatic rings. The molecule has 5 heteroatoms. The van der Waals surface area contributed by atoms with Crippen molar-refractivity contribution < 1.29 is 19.4 Å². The van der Waals surface area contributed by atoms with Crippen LogP contribution in [0.25, 0.3) is 0 Å². The number of carboxylic acids is 1. The maximum atomic E-state index is 10.6. The van der Waals surface area contributed by atoms with Crippen LogP contribution in [0, 0.1) is 0 Å². The third kappa shape index (κ3) is 2.58. The second kappa shape index (κ2) is 4.78. The van der Waals surface area contributed by atoms with Gasteiger partial charge in [-0.1, -0.05) is 0 Å². The van der Waals surface area contributed by atoms with Gasteiger partial charge in [0.2, 0.25) is 5.76 Å². The van der Waals surface area contributed by atoms with Crippen molar-refractivity contribution in [2.24, 2.45) is 0 Å². The van der Waals surface area contributed by atoms with Crippen LogP contribution in [-0.2, 0) is 6.54 Å². The molecule has 0 bridgehead atoms. The van der Waals surface area contributed by atoms with Crippen molar-refractivity contribution in [1.82, 2.24) is 5.32 Å². The predicted molar refractivity (Wildman–Crippen MR) is 49.1 cm³/mol. The number of furan rings is 1. The van der Waals surface area contributed by atoms with Gasteiger partial charge in [0.05, 0.1) is 12.9 Å². The number of aliphatic hydroxyl groups excluding tert-OH is 1. The molecule has 5 nitrogen and oxygen atoms in total. The summed E-state index contributed by atoms with van der Waals surface area (Å²) in [7, 11) is 0. The maximum absolute atomic E-state index is 10.6. The summed E-state index contributed by atoms with van der Waals surface area (Å²) < 4.78 is 4.79. The van der Waals surface area contributed by atoms with Crippen molar-refractivity contribution >= 4 is 5.97 Å². The Labute approximate surface area is 81.4 Å². The molecule has 0 radical (unpaired) electrons. The Kier molecular flexibility index (Phi) is 3.67. The van der Waals surface area contributed by atoms with Gasteiger partial charge in [0.1, 0.15) is 0 Å². The number of nitrogens with one attached hydrogen (secondary N) is 1. The lowest BCUT2D eigenvalue weighted by atomic mass is 10.2. The predicted octanol–water partition coefficient (Wildman–Crippen LogP) is 0.448. The van der Waals surface area contributed by atoms with E-state index in [1.54, 1.807) is 13.0 Å². The van der Waals surface area contributed by atoms with E-state index in [1.165, 1.54) is 6.26 Å². The first-order valence-electron chi connectivity index (χ1n) is 4.29. The fourth-order valence-electron chi connectivity index (χ4n) is 1.01. The third-order valence-electron chi connectivity index (χ3n) is 1.86. The van der Waals surface area contributed by atoms with Gasteiger partial charge in [-0.2, -0.15) is 0 Å². The van der Waals surface area contributed by atoms with E-state index in [0.29, 0.717) is 12.1 Å². The van der Waals surface area contributed by atoms with Gasteiger partial charge >= 0.3 is 5.97 Å². The van der Waals surface area contributed by atoms with Crippen LogP contribution in [-0.4, -0.2) is 28.8 Å². The number of hydrogen-bond donors (Lipinski definition) is 3. The topological polar surface area (TPSA) is 82.7 Å². The quantitative estimate of drug-likeness (QED) is 0.641. The van der Waals surface area contributed by atoms with Gasteiger partial charge in [0, 0.05) is 18.2 Å². The van der Waals surface area contributed by atoms with Gasteiger partial charge in [-0.3, -0.25) is 0 Å². The molecular formula is C9H13NO4. The van der Waals surface area contributed by atoms with Crippen LogP contribution < -0.4 is 5.32 Å². The summed E-state index contributed by atoms with van der Waals surface area (Å²) in [5.41, 5.74) is 0.581. The summed E-state index contributed by atoms with van der Waals surface area (Å²) >= 11 is 0. The number of rotatable bonds is 5. The first kappa shape index (κ1) is 10.7. The van der Waals surface area contributed by atoms with Crippen molar-refractivity contribution in [3.05, 3.63) is 23.7 Å². The van der Waals surface area contributed by atoms with Crippen LogP contribution in [0.15, 0.2) is 16.7 Å². The molecule has 1 unspecified atom stereocenters. The lowest BCUT2D eigenvalue weighted by molar-refractivity contribution is 0.0660. The van der Waals surface area contributed by atoms with E-state index < -0.39 is 5.97 Å². The van der Waals surface area contributed by atoms with Crippen molar-refractivity contribution in [2.45, 2.75) is 19.5 Å². The van der Waals surface area contributed by atoms with Crippen LogP contribution in [0.5, 0.6) is 0 Å². The van der Waals surface area contributed by atoms with Gasteiger partial charge in [-0.15, -0.1) is 0 Å².